The van der Waals surface area contributed by atoms with E-state index in [4.69, 9.17) is 9.47 Å². The number of aromatic nitrogens is 2. The molecular formula is C19H16FN3O3. The number of fused-ring (bicyclic) bond motifs is 1. The van der Waals surface area contributed by atoms with Crippen molar-refractivity contribution < 1.29 is 18.7 Å². The Hall–Kier alpha value is -3.35. The van der Waals surface area contributed by atoms with Gasteiger partial charge in [-0.2, -0.15) is 0 Å². The molecule has 3 aromatic rings. The Morgan fingerprint density at radius 2 is 2.04 bits per heavy atom. The van der Waals surface area contributed by atoms with Gasteiger partial charge in [0, 0.05) is 30.6 Å². The van der Waals surface area contributed by atoms with E-state index in [1.54, 1.807) is 60.4 Å². The summed E-state index contributed by atoms with van der Waals surface area (Å²) in [5.74, 6) is 0.864. The van der Waals surface area contributed by atoms with Gasteiger partial charge < -0.3 is 19.4 Å². The first-order chi connectivity index (χ1) is 12.6. The van der Waals surface area contributed by atoms with Crippen molar-refractivity contribution >= 4 is 5.91 Å². The number of imidazole rings is 1. The highest BCUT2D eigenvalue weighted by molar-refractivity contribution is 5.95. The van der Waals surface area contributed by atoms with Crippen LogP contribution in [0.15, 0.2) is 54.9 Å². The third-order valence-electron chi connectivity index (χ3n) is 4.24. The van der Waals surface area contributed by atoms with Gasteiger partial charge in [-0.3, -0.25) is 4.79 Å². The largest absolute Gasteiger partial charge is 0.454 e. The second-order valence-corrected chi connectivity index (χ2v) is 5.89. The van der Waals surface area contributed by atoms with Crippen molar-refractivity contribution in [1.29, 1.82) is 0 Å². The summed E-state index contributed by atoms with van der Waals surface area (Å²) in [5.41, 5.74) is 0.737. The highest BCUT2D eigenvalue weighted by atomic mass is 19.1. The zero-order valence-corrected chi connectivity index (χ0v) is 14.0. The lowest BCUT2D eigenvalue weighted by molar-refractivity contribution is 0.0940. The Balaban J connectivity index is 1.68. The second-order valence-electron chi connectivity index (χ2n) is 5.89. The summed E-state index contributed by atoms with van der Waals surface area (Å²) in [7, 11) is 1.79. The maximum Gasteiger partial charge on any atom is 0.252 e. The number of rotatable bonds is 4. The van der Waals surface area contributed by atoms with Gasteiger partial charge in [0.1, 0.15) is 17.7 Å². The van der Waals surface area contributed by atoms with Gasteiger partial charge in [0.2, 0.25) is 6.79 Å². The van der Waals surface area contributed by atoms with E-state index in [2.05, 4.69) is 10.3 Å². The van der Waals surface area contributed by atoms with Crippen LogP contribution in [0.4, 0.5) is 4.39 Å². The average Bonchev–Trinajstić information content (AvgIpc) is 3.28. The number of halogens is 1. The van der Waals surface area contributed by atoms with Gasteiger partial charge in [-0.05, 0) is 24.3 Å². The van der Waals surface area contributed by atoms with Crippen LogP contribution in [0, 0.1) is 5.82 Å². The van der Waals surface area contributed by atoms with Crippen molar-refractivity contribution in [2.45, 2.75) is 6.04 Å². The molecule has 0 fully saturated rings. The predicted octanol–water partition coefficient (Wildman–Crippen LogP) is 2.81. The SMILES string of the molecule is Cn1ccnc1[C@@H](NC(=O)c1ccc2c(c1)OCO2)c1ccccc1F. The molecule has 0 radical (unpaired) electrons. The lowest BCUT2D eigenvalue weighted by Gasteiger charge is -2.20. The smallest absolute Gasteiger partial charge is 0.252 e. The molecule has 0 unspecified atom stereocenters. The number of hydrogen-bond donors (Lipinski definition) is 1. The standard InChI is InChI=1S/C19H16FN3O3/c1-23-9-8-21-18(23)17(13-4-2-3-5-14(13)20)22-19(24)12-6-7-15-16(10-12)26-11-25-15/h2-10,17H,11H2,1H3,(H,22,24)/t17-/m0/s1. The molecule has 1 aromatic heterocycles. The van der Waals surface area contributed by atoms with Crippen LogP contribution in [0.25, 0.3) is 0 Å². The predicted molar refractivity (Wildman–Crippen MR) is 91.5 cm³/mol. The van der Waals surface area contributed by atoms with Gasteiger partial charge in [-0.25, -0.2) is 9.37 Å². The number of aryl methyl sites for hydroxylation is 1. The molecular weight excluding hydrogens is 337 g/mol. The summed E-state index contributed by atoms with van der Waals surface area (Å²) in [5, 5.41) is 2.87. The first-order valence-corrected chi connectivity index (χ1v) is 8.05. The molecule has 0 bridgehead atoms. The Morgan fingerprint density at radius 1 is 1.23 bits per heavy atom. The van der Waals surface area contributed by atoms with Crippen LogP contribution < -0.4 is 14.8 Å². The maximum atomic E-state index is 14.4. The van der Waals surface area contributed by atoms with E-state index < -0.39 is 11.9 Å². The van der Waals surface area contributed by atoms with Gasteiger partial charge in [0.05, 0.1) is 0 Å². The minimum Gasteiger partial charge on any atom is -0.454 e. The van der Waals surface area contributed by atoms with Crippen LogP contribution in [0.5, 0.6) is 11.5 Å². The molecule has 2 aromatic carbocycles. The third-order valence-corrected chi connectivity index (χ3v) is 4.24. The summed E-state index contributed by atoms with van der Waals surface area (Å²) in [6.45, 7) is 0.130. The lowest BCUT2D eigenvalue weighted by Crippen LogP contribution is -2.31. The fourth-order valence-electron chi connectivity index (χ4n) is 2.90. The van der Waals surface area contributed by atoms with Gasteiger partial charge in [-0.15, -0.1) is 0 Å². The van der Waals surface area contributed by atoms with Crippen molar-refractivity contribution in [2.75, 3.05) is 6.79 Å². The number of carbonyl (C=O) groups is 1. The molecule has 132 valence electrons. The minimum atomic E-state index is -0.728. The van der Waals surface area contributed by atoms with Crippen LogP contribution in [0.3, 0.4) is 0 Å². The number of amides is 1. The Morgan fingerprint density at radius 3 is 2.81 bits per heavy atom. The van der Waals surface area contributed by atoms with Crippen LogP contribution in [0.2, 0.25) is 0 Å². The topological polar surface area (TPSA) is 65.4 Å². The molecule has 1 aliphatic rings. The van der Waals surface area contributed by atoms with Crippen molar-refractivity contribution in [3.05, 3.63) is 77.6 Å². The van der Waals surface area contributed by atoms with Crippen LogP contribution in [0.1, 0.15) is 27.8 Å². The minimum absolute atomic E-state index is 0.130. The number of nitrogens with zero attached hydrogens (tertiary/aromatic N) is 2. The fraction of sp³-hybridized carbons (Fsp3) is 0.158. The fourth-order valence-corrected chi connectivity index (χ4v) is 2.90. The van der Waals surface area contributed by atoms with Crippen molar-refractivity contribution in [1.82, 2.24) is 14.9 Å². The zero-order valence-electron chi connectivity index (χ0n) is 14.0. The molecule has 0 aliphatic carbocycles. The number of nitrogens with one attached hydrogen (secondary N) is 1. The number of carbonyl (C=O) groups excluding carboxylic acids is 1. The summed E-state index contributed by atoms with van der Waals surface area (Å²) in [4.78, 5) is 17.1. The van der Waals surface area contributed by atoms with E-state index >= 15 is 0 Å². The van der Waals surface area contributed by atoms with E-state index in [-0.39, 0.29) is 12.7 Å². The molecule has 1 atom stereocenters. The highest BCUT2D eigenvalue weighted by Gasteiger charge is 2.25. The molecule has 7 heteroatoms. The van der Waals surface area contributed by atoms with Gasteiger partial charge in [-0.1, -0.05) is 18.2 Å². The number of hydrogen-bond acceptors (Lipinski definition) is 4. The number of ether oxygens (including phenoxy) is 2. The lowest BCUT2D eigenvalue weighted by atomic mass is 10.0. The van der Waals surface area contributed by atoms with Crippen LogP contribution >= 0.6 is 0 Å². The van der Waals surface area contributed by atoms with Crippen molar-refractivity contribution in [3.8, 4) is 11.5 Å². The number of benzene rings is 2. The third kappa shape index (κ3) is 2.88. The Labute approximate surface area is 149 Å². The van der Waals surface area contributed by atoms with Gasteiger partial charge in [0.15, 0.2) is 11.5 Å². The van der Waals surface area contributed by atoms with E-state index in [1.807, 2.05) is 0 Å². The van der Waals surface area contributed by atoms with E-state index in [1.165, 1.54) is 6.07 Å². The molecule has 1 amide bonds. The quantitative estimate of drug-likeness (QED) is 0.783. The molecule has 1 aliphatic heterocycles. The monoisotopic (exact) mass is 353 g/mol. The second kappa shape index (κ2) is 6.51. The molecule has 1 N–H and O–H groups in total. The van der Waals surface area contributed by atoms with Gasteiger partial charge >= 0.3 is 0 Å². The molecule has 6 nitrogen and oxygen atoms in total. The van der Waals surface area contributed by atoms with E-state index in [9.17, 15) is 9.18 Å². The average molecular weight is 353 g/mol. The molecule has 4 rings (SSSR count). The summed E-state index contributed by atoms with van der Waals surface area (Å²) < 4.78 is 26.7. The Bertz CT molecular complexity index is 970. The highest BCUT2D eigenvalue weighted by Crippen LogP contribution is 2.33. The first kappa shape index (κ1) is 16.1. The summed E-state index contributed by atoms with van der Waals surface area (Å²) in [6.07, 6.45) is 3.35. The normalized spacial score (nSPS) is 13.5. The summed E-state index contributed by atoms with van der Waals surface area (Å²) >= 11 is 0. The van der Waals surface area contributed by atoms with Crippen molar-refractivity contribution in [3.63, 3.8) is 0 Å². The first-order valence-electron chi connectivity index (χ1n) is 8.05. The van der Waals surface area contributed by atoms with Gasteiger partial charge in [0.25, 0.3) is 5.91 Å². The summed E-state index contributed by atoms with van der Waals surface area (Å²) in [6, 6.07) is 10.5. The maximum absolute atomic E-state index is 14.4. The van der Waals surface area contributed by atoms with Crippen LogP contribution in [-0.2, 0) is 7.05 Å². The van der Waals surface area contributed by atoms with E-state index in [0.717, 1.165) is 0 Å². The Kier molecular flexibility index (Phi) is 4.04. The molecule has 0 spiro atoms. The molecule has 0 saturated heterocycles. The molecule has 26 heavy (non-hydrogen) atoms. The van der Waals surface area contributed by atoms with Crippen LogP contribution in [-0.4, -0.2) is 22.3 Å². The molecule has 0 saturated carbocycles. The molecule has 2 heterocycles. The van der Waals surface area contributed by atoms with Crippen molar-refractivity contribution in [2.24, 2.45) is 7.05 Å². The van der Waals surface area contributed by atoms with E-state index in [0.29, 0.717) is 28.5 Å². The zero-order chi connectivity index (χ0) is 18.1.